The van der Waals surface area contributed by atoms with E-state index in [1.165, 1.54) is 0 Å². The summed E-state index contributed by atoms with van der Waals surface area (Å²) in [5.74, 6) is 0.947. The maximum absolute atomic E-state index is 12.7. The van der Waals surface area contributed by atoms with Crippen LogP contribution in [0.25, 0.3) is 10.8 Å². The van der Waals surface area contributed by atoms with Gasteiger partial charge < -0.3 is 14.2 Å². The molecule has 7 nitrogen and oxygen atoms in total. The average molecular weight is 388 g/mol. The molecule has 0 saturated carbocycles. The van der Waals surface area contributed by atoms with E-state index in [2.05, 4.69) is 15.1 Å². The van der Waals surface area contributed by atoms with Gasteiger partial charge in [0.25, 0.3) is 5.91 Å². The van der Waals surface area contributed by atoms with Gasteiger partial charge in [-0.1, -0.05) is 23.4 Å². The first-order valence-corrected chi connectivity index (χ1v) is 9.22. The molecule has 3 aromatic heterocycles. The van der Waals surface area contributed by atoms with Crippen LogP contribution in [0.15, 0.2) is 71.6 Å². The van der Waals surface area contributed by atoms with Crippen LogP contribution in [0.5, 0.6) is 5.75 Å². The highest BCUT2D eigenvalue weighted by atomic mass is 16.5. The molecule has 146 valence electrons. The minimum Gasteiger partial charge on any atom is -0.485 e. The first-order valence-electron chi connectivity index (χ1n) is 9.22. The van der Waals surface area contributed by atoms with Gasteiger partial charge in [0.2, 0.25) is 0 Å². The second-order valence-corrected chi connectivity index (χ2v) is 6.67. The summed E-state index contributed by atoms with van der Waals surface area (Å²) in [7, 11) is 1.72. The summed E-state index contributed by atoms with van der Waals surface area (Å²) in [5.41, 5.74) is 1.04. The SMILES string of the molecule is CC(c1ccccn1)N(C)C(=O)c1cc(COc2cccc3cnccc23)on1. The molecule has 0 aliphatic rings. The lowest BCUT2D eigenvalue weighted by molar-refractivity contribution is 0.0729. The van der Waals surface area contributed by atoms with E-state index in [1.54, 1.807) is 36.6 Å². The van der Waals surface area contributed by atoms with Gasteiger partial charge in [-0.15, -0.1) is 0 Å². The summed E-state index contributed by atoms with van der Waals surface area (Å²) in [4.78, 5) is 22.8. The van der Waals surface area contributed by atoms with E-state index in [0.717, 1.165) is 22.2 Å². The van der Waals surface area contributed by atoms with E-state index in [-0.39, 0.29) is 24.2 Å². The average Bonchev–Trinajstić information content (AvgIpc) is 3.25. The lowest BCUT2D eigenvalue weighted by Crippen LogP contribution is -2.30. The van der Waals surface area contributed by atoms with Gasteiger partial charge in [0, 0.05) is 42.5 Å². The molecule has 0 spiro atoms. The fraction of sp³-hybridized carbons (Fsp3) is 0.182. The predicted octanol–water partition coefficient (Wildman–Crippen LogP) is 4.03. The number of nitrogens with zero attached hydrogens (tertiary/aromatic N) is 4. The van der Waals surface area contributed by atoms with Crippen molar-refractivity contribution < 1.29 is 14.1 Å². The normalized spacial score (nSPS) is 11.9. The summed E-state index contributed by atoms with van der Waals surface area (Å²) in [5, 5.41) is 5.86. The zero-order valence-electron chi connectivity index (χ0n) is 16.1. The number of fused-ring (bicyclic) bond motifs is 1. The number of hydrogen-bond acceptors (Lipinski definition) is 6. The Labute approximate surface area is 167 Å². The molecule has 1 aromatic carbocycles. The van der Waals surface area contributed by atoms with Gasteiger partial charge in [-0.25, -0.2) is 0 Å². The van der Waals surface area contributed by atoms with Crippen molar-refractivity contribution in [3.8, 4) is 5.75 Å². The summed E-state index contributed by atoms with van der Waals surface area (Å²) in [6, 6.07) is 14.7. The van der Waals surface area contributed by atoms with Crippen LogP contribution in [-0.2, 0) is 6.61 Å². The van der Waals surface area contributed by atoms with Crippen LogP contribution in [0.4, 0.5) is 0 Å². The van der Waals surface area contributed by atoms with Crippen molar-refractivity contribution in [2.75, 3.05) is 7.05 Å². The Bertz CT molecular complexity index is 1120. The van der Waals surface area contributed by atoms with E-state index in [1.807, 2.05) is 49.4 Å². The van der Waals surface area contributed by atoms with E-state index in [4.69, 9.17) is 9.26 Å². The van der Waals surface area contributed by atoms with Gasteiger partial charge in [0.05, 0.1) is 11.7 Å². The molecule has 0 radical (unpaired) electrons. The molecule has 3 heterocycles. The number of ether oxygens (including phenoxy) is 1. The Morgan fingerprint density at radius 2 is 2.07 bits per heavy atom. The van der Waals surface area contributed by atoms with Crippen LogP contribution >= 0.6 is 0 Å². The van der Waals surface area contributed by atoms with Crippen molar-refractivity contribution in [1.29, 1.82) is 0 Å². The Morgan fingerprint density at radius 1 is 1.17 bits per heavy atom. The van der Waals surface area contributed by atoms with Gasteiger partial charge in [0.15, 0.2) is 11.5 Å². The molecule has 0 saturated heterocycles. The van der Waals surface area contributed by atoms with Gasteiger partial charge in [0.1, 0.15) is 12.4 Å². The first kappa shape index (κ1) is 18.6. The maximum Gasteiger partial charge on any atom is 0.276 e. The largest absolute Gasteiger partial charge is 0.485 e. The van der Waals surface area contributed by atoms with Gasteiger partial charge in [-0.05, 0) is 31.2 Å². The predicted molar refractivity (Wildman–Crippen MR) is 107 cm³/mol. The molecule has 29 heavy (non-hydrogen) atoms. The van der Waals surface area contributed by atoms with Gasteiger partial charge in [-0.3, -0.25) is 14.8 Å². The van der Waals surface area contributed by atoms with Crippen molar-refractivity contribution in [2.24, 2.45) is 0 Å². The Kier molecular flexibility index (Phi) is 5.20. The number of carbonyl (C=O) groups excluding carboxylic acids is 1. The minimum atomic E-state index is -0.241. The van der Waals surface area contributed by atoms with Crippen LogP contribution < -0.4 is 4.74 Å². The molecular formula is C22H20N4O3. The third kappa shape index (κ3) is 3.94. The third-order valence-corrected chi connectivity index (χ3v) is 4.81. The number of carbonyl (C=O) groups is 1. The second kappa shape index (κ2) is 8.10. The molecule has 1 atom stereocenters. The molecular weight excluding hydrogens is 368 g/mol. The topological polar surface area (TPSA) is 81.4 Å². The Balaban J connectivity index is 1.44. The number of hydrogen-bond donors (Lipinski definition) is 0. The van der Waals surface area contributed by atoms with Crippen molar-refractivity contribution >= 4 is 16.7 Å². The second-order valence-electron chi connectivity index (χ2n) is 6.67. The molecule has 4 rings (SSSR count). The van der Waals surface area contributed by atoms with E-state index in [0.29, 0.717) is 5.76 Å². The summed E-state index contributed by atoms with van der Waals surface area (Å²) >= 11 is 0. The van der Waals surface area contributed by atoms with Crippen LogP contribution in [0.3, 0.4) is 0 Å². The first-order chi connectivity index (χ1) is 14.1. The Morgan fingerprint density at radius 3 is 2.90 bits per heavy atom. The highest BCUT2D eigenvalue weighted by molar-refractivity contribution is 5.92. The number of pyridine rings is 2. The number of aromatic nitrogens is 3. The standard InChI is InChI=1S/C22H20N4O3/c1-15(19-7-3-4-10-24-19)26(2)22(27)20-12-17(29-25-20)14-28-21-8-5-6-16-13-23-11-9-18(16)21/h3-13,15H,14H2,1-2H3. The number of amides is 1. The number of benzene rings is 1. The third-order valence-electron chi connectivity index (χ3n) is 4.81. The van der Waals surface area contributed by atoms with Crippen molar-refractivity contribution in [2.45, 2.75) is 19.6 Å². The van der Waals surface area contributed by atoms with Crippen LogP contribution in [-0.4, -0.2) is 33.0 Å². The van der Waals surface area contributed by atoms with E-state index < -0.39 is 0 Å². The molecule has 0 bridgehead atoms. The highest BCUT2D eigenvalue weighted by Crippen LogP contribution is 2.25. The lowest BCUT2D eigenvalue weighted by atomic mass is 10.1. The molecule has 7 heteroatoms. The van der Waals surface area contributed by atoms with Crippen LogP contribution in [0.2, 0.25) is 0 Å². The molecule has 1 amide bonds. The summed E-state index contributed by atoms with van der Waals surface area (Å²) < 4.78 is 11.2. The van der Waals surface area contributed by atoms with Crippen molar-refractivity contribution in [1.82, 2.24) is 20.0 Å². The molecule has 4 aromatic rings. The monoisotopic (exact) mass is 388 g/mol. The van der Waals surface area contributed by atoms with Crippen LogP contribution in [0.1, 0.15) is 34.9 Å². The minimum absolute atomic E-state index is 0.168. The van der Waals surface area contributed by atoms with E-state index in [9.17, 15) is 4.79 Å². The zero-order chi connectivity index (χ0) is 20.2. The highest BCUT2D eigenvalue weighted by Gasteiger charge is 2.23. The van der Waals surface area contributed by atoms with Gasteiger partial charge in [-0.2, -0.15) is 0 Å². The Hall–Kier alpha value is -3.74. The maximum atomic E-state index is 12.7. The molecule has 0 N–H and O–H groups in total. The van der Waals surface area contributed by atoms with Gasteiger partial charge >= 0.3 is 0 Å². The quantitative estimate of drug-likeness (QED) is 0.496. The molecule has 0 aliphatic carbocycles. The van der Waals surface area contributed by atoms with Crippen LogP contribution in [0, 0.1) is 0 Å². The lowest BCUT2D eigenvalue weighted by Gasteiger charge is -2.23. The number of rotatable bonds is 6. The molecule has 0 fully saturated rings. The van der Waals surface area contributed by atoms with Crippen molar-refractivity contribution in [3.63, 3.8) is 0 Å². The summed E-state index contributed by atoms with van der Waals surface area (Å²) in [6.45, 7) is 2.08. The molecule has 1 unspecified atom stereocenters. The smallest absolute Gasteiger partial charge is 0.276 e. The fourth-order valence-corrected chi connectivity index (χ4v) is 3.03. The summed E-state index contributed by atoms with van der Waals surface area (Å²) in [6.07, 6.45) is 5.21. The zero-order valence-corrected chi connectivity index (χ0v) is 16.1. The van der Waals surface area contributed by atoms with Crippen molar-refractivity contribution in [3.05, 3.63) is 84.3 Å². The van der Waals surface area contributed by atoms with E-state index >= 15 is 0 Å². The fourth-order valence-electron chi connectivity index (χ4n) is 3.03. The molecule has 0 aliphatic heterocycles.